The maximum absolute atomic E-state index is 10.7. The summed E-state index contributed by atoms with van der Waals surface area (Å²) in [5, 5.41) is 21.1. The molecule has 0 bridgehead atoms. The van der Waals surface area contributed by atoms with Crippen LogP contribution in [0.2, 0.25) is 0 Å². The summed E-state index contributed by atoms with van der Waals surface area (Å²) in [5.74, 6) is 1.54. The zero-order valence-corrected chi connectivity index (χ0v) is 17.4. The lowest BCUT2D eigenvalue weighted by Crippen LogP contribution is -2.38. The van der Waals surface area contributed by atoms with E-state index in [9.17, 15) is 10.1 Å². The van der Waals surface area contributed by atoms with Gasteiger partial charge in [-0.1, -0.05) is 31.9 Å². The number of nitrogens with one attached hydrogen (secondary N) is 2. The highest BCUT2D eigenvalue weighted by molar-refractivity contribution is 5.79. The van der Waals surface area contributed by atoms with E-state index in [-0.39, 0.29) is 5.69 Å². The Morgan fingerprint density at radius 2 is 2.17 bits per heavy atom. The van der Waals surface area contributed by atoms with Gasteiger partial charge in [0, 0.05) is 25.7 Å². The molecule has 0 fully saturated rings. The smallest absolute Gasteiger partial charge is 0.306 e. The van der Waals surface area contributed by atoms with Crippen molar-refractivity contribution >= 4 is 11.6 Å². The van der Waals surface area contributed by atoms with Crippen LogP contribution >= 0.6 is 0 Å². The number of benzene rings is 1. The van der Waals surface area contributed by atoms with Gasteiger partial charge in [0.25, 0.3) is 0 Å². The van der Waals surface area contributed by atoms with Gasteiger partial charge in [-0.15, -0.1) is 0 Å². The second-order valence-corrected chi connectivity index (χ2v) is 6.74. The summed E-state index contributed by atoms with van der Waals surface area (Å²) >= 11 is 0. The molecule has 2 aromatic rings. The number of aromatic nitrogens is 2. The zero-order chi connectivity index (χ0) is 21.1. The van der Waals surface area contributed by atoms with Gasteiger partial charge >= 0.3 is 5.69 Å². The Hall–Kier alpha value is -3.10. The Labute approximate surface area is 171 Å². The van der Waals surface area contributed by atoms with E-state index < -0.39 is 4.92 Å². The molecule has 9 nitrogen and oxygen atoms in total. The number of aryl methyl sites for hydroxylation is 1. The third kappa shape index (κ3) is 7.44. The van der Waals surface area contributed by atoms with Crippen molar-refractivity contribution in [1.82, 2.24) is 20.4 Å². The molecule has 0 radical (unpaired) electrons. The number of ether oxygens (including phenoxy) is 1. The third-order valence-corrected chi connectivity index (χ3v) is 4.36. The number of nitrogens with zero attached hydrogens (tertiary/aromatic N) is 4. The molecule has 0 aliphatic rings. The fourth-order valence-corrected chi connectivity index (χ4v) is 2.73. The lowest BCUT2D eigenvalue weighted by Gasteiger charge is -2.15. The summed E-state index contributed by atoms with van der Waals surface area (Å²) in [6, 6.07) is 6.19. The molecule has 0 aliphatic carbocycles. The van der Waals surface area contributed by atoms with Gasteiger partial charge in [0.15, 0.2) is 5.96 Å². The quantitative estimate of drug-likeness (QED) is 0.197. The number of nitro groups is 1. The highest BCUT2D eigenvalue weighted by Gasteiger charge is 2.09. The summed E-state index contributed by atoms with van der Waals surface area (Å²) in [6.07, 6.45) is 6.03. The van der Waals surface area contributed by atoms with Crippen LogP contribution in [0.5, 0.6) is 5.75 Å². The van der Waals surface area contributed by atoms with Crippen molar-refractivity contribution < 1.29 is 9.66 Å². The maximum Gasteiger partial charge on any atom is 0.306 e. The Morgan fingerprint density at radius 1 is 1.34 bits per heavy atom. The fraction of sp³-hybridized carbons (Fsp3) is 0.500. The van der Waals surface area contributed by atoms with Crippen LogP contribution < -0.4 is 15.4 Å². The van der Waals surface area contributed by atoms with Crippen LogP contribution in [0.1, 0.15) is 37.3 Å². The minimum Gasteiger partial charge on any atom is -0.493 e. The van der Waals surface area contributed by atoms with Crippen molar-refractivity contribution in [1.29, 1.82) is 0 Å². The van der Waals surface area contributed by atoms with E-state index in [4.69, 9.17) is 4.74 Å². The number of guanidine groups is 1. The lowest BCUT2D eigenvalue weighted by atomic mass is 10.1. The predicted octanol–water partition coefficient (Wildman–Crippen LogP) is 3.03. The van der Waals surface area contributed by atoms with Crippen molar-refractivity contribution in [3.05, 3.63) is 51.8 Å². The molecule has 9 heteroatoms. The van der Waals surface area contributed by atoms with E-state index in [1.807, 2.05) is 0 Å². The normalized spacial score (nSPS) is 11.3. The van der Waals surface area contributed by atoms with Crippen LogP contribution in [-0.2, 0) is 13.1 Å². The molecule has 0 saturated heterocycles. The van der Waals surface area contributed by atoms with Crippen molar-refractivity contribution in [2.45, 2.75) is 46.2 Å². The molecule has 0 amide bonds. The van der Waals surface area contributed by atoms with Gasteiger partial charge in [-0.25, -0.2) is 0 Å². The largest absolute Gasteiger partial charge is 0.493 e. The zero-order valence-electron chi connectivity index (χ0n) is 17.4. The van der Waals surface area contributed by atoms with E-state index in [0.29, 0.717) is 32.2 Å². The number of hydrogen-bond acceptors (Lipinski definition) is 5. The molecule has 0 saturated carbocycles. The summed E-state index contributed by atoms with van der Waals surface area (Å²) < 4.78 is 7.51. The van der Waals surface area contributed by atoms with Crippen molar-refractivity contribution in [3.8, 4) is 5.75 Å². The van der Waals surface area contributed by atoms with E-state index in [0.717, 1.165) is 29.7 Å². The van der Waals surface area contributed by atoms with Gasteiger partial charge in [-0.05, 0) is 25.0 Å². The molecule has 0 atom stereocenters. The summed E-state index contributed by atoms with van der Waals surface area (Å²) in [5.41, 5.74) is 2.21. The van der Waals surface area contributed by atoms with Crippen LogP contribution in [-0.4, -0.2) is 40.9 Å². The molecule has 1 heterocycles. The second-order valence-electron chi connectivity index (χ2n) is 6.74. The Kier molecular flexibility index (Phi) is 8.94. The Balaban J connectivity index is 1.84. The SMILES string of the molecule is CCCCCOc1cc(C)ccc1CNC(=NC)NCCn1cc([N+](=O)[O-])cn1. The summed E-state index contributed by atoms with van der Waals surface area (Å²) in [6.45, 7) is 6.55. The van der Waals surface area contributed by atoms with Gasteiger partial charge < -0.3 is 15.4 Å². The van der Waals surface area contributed by atoms with Crippen LogP contribution in [0.15, 0.2) is 35.6 Å². The molecule has 2 rings (SSSR count). The van der Waals surface area contributed by atoms with Gasteiger partial charge in [0.2, 0.25) is 0 Å². The Morgan fingerprint density at radius 3 is 2.86 bits per heavy atom. The maximum atomic E-state index is 10.7. The molecule has 29 heavy (non-hydrogen) atoms. The molecule has 0 unspecified atom stereocenters. The summed E-state index contributed by atoms with van der Waals surface area (Å²) in [4.78, 5) is 14.5. The number of rotatable bonds is 11. The molecule has 0 aliphatic heterocycles. The number of aliphatic imine (C=N–C) groups is 1. The first-order valence-electron chi connectivity index (χ1n) is 9.87. The summed E-state index contributed by atoms with van der Waals surface area (Å²) in [7, 11) is 1.70. The van der Waals surface area contributed by atoms with Crippen LogP contribution in [0.4, 0.5) is 5.69 Å². The third-order valence-electron chi connectivity index (χ3n) is 4.36. The molecule has 0 spiro atoms. The molecular weight excluding hydrogens is 372 g/mol. The van der Waals surface area contributed by atoms with E-state index in [1.165, 1.54) is 23.5 Å². The van der Waals surface area contributed by atoms with Crippen LogP contribution in [0, 0.1) is 17.0 Å². The van der Waals surface area contributed by atoms with E-state index >= 15 is 0 Å². The molecule has 1 aromatic carbocycles. The van der Waals surface area contributed by atoms with E-state index in [1.54, 1.807) is 7.05 Å². The highest BCUT2D eigenvalue weighted by atomic mass is 16.6. The number of unbranched alkanes of at least 4 members (excludes halogenated alkanes) is 2. The second kappa shape index (κ2) is 11.7. The molecular formula is C20H30N6O3. The van der Waals surface area contributed by atoms with Crippen molar-refractivity contribution in [2.75, 3.05) is 20.2 Å². The monoisotopic (exact) mass is 402 g/mol. The Bertz CT molecular complexity index is 818. The topological polar surface area (TPSA) is 107 Å². The first kappa shape index (κ1) is 22.2. The first-order chi connectivity index (χ1) is 14.0. The van der Waals surface area contributed by atoms with Crippen LogP contribution in [0.25, 0.3) is 0 Å². The highest BCUT2D eigenvalue weighted by Crippen LogP contribution is 2.20. The first-order valence-corrected chi connectivity index (χ1v) is 9.87. The minimum absolute atomic E-state index is 0.0154. The number of hydrogen-bond donors (Lipinski definition) is 2. The van der Waals surface area contributed by atoms with E-state index in [2.05, 4.69) is 52.8 Å². The predicted molar refractivity (Wildman–Crippen MR) is 113 cm³/mol. The molecule has 158 valence electrons. The standard InChI is InChI=1S/C20H30N6O3/c1-4-5-6-11-29-19-12-16(2)7-8-17(19)13-23-20(21-3)22-9-10-25-15-18(14-24-25)26(27)28/h7-8,12,14-15H,4-6,9-11,13H2,1-3H3,(H2,21,22,23). The van der Waals surface area contributed by atoms with Crippen molar-refractivity contribution in [3.63, 3.8) is 0 Å². The average molecular weight is 402 g/mol. The lowest BCUT2D eigenvalue weighted by molar-refractivity contribution is -0.385. The molecule has 2 N–H and O–H groups in total. The average Bonchev–Trinajstić information content (AvgIpc) is 3.18. The van der Waals surface area contributed by atoms with Crippen LogP contribution in [0.3, 0.4) is 0 Å². The fourth-order valence-electron chi connectivity index (χ4n) is 2.73. The van der Waals surface area contributed by atoms with Gasteiger partial charge in [-0.3, -0.25) is 19.8 Å². The van der Waals surface area contributed by atoms with Gasteiger partial charge in [0.05, 0.1) is 18.1 Å². The molecule has 1 aromatic heterocycles. The van der Waals surface area contributed by atoms with Crippen molar-refractivity contribution in [2.24, 2.45) is 4.99 Å². The minimum atomic E-state index is -0.457. The van der Waals surface area contributed by atoms with Gasteiger partial charge in [0.1, 0.15) is 18.1 Å². The van der Waals surface area contributed by atoms with Gasteiger partial charge in [-0.2, -0.15) is 5.10 Å².